The van der Waals surface area contributed by atoms with Crippen LogP contribution in [0.2, 0.25) is 5.02 Å². The lowest BCUT2D eigenvalue weighted by molar-refractivity contribution is -0.142. The van der Waals surface area contributed by atoms with Crippen molar-refractivity contribution in [1.82, 2.24) is 5.32 Å². The fraction of sp³-hybridized carbons (Fsp3) is 0.500. The van der Waals surface area contributed by atoms with Gasteiger partial charge in [0.25, 0.3) is 0 Å². The summed E-state index contributed by atoms with van der Waals surface area (Å²) in [5.41, 5.74) is 1.10. The Hall–Kier alpha value is -1.59. The Balaban J connectivity index is 2.45. The number of ether oxygens (including phenoxy) is 1. The van der Waals surface area contributed by atoms with Gasteiger partial charge < -0.3 is 15.2 Å². The van der Waals surface area contributed by atoms with Gasteiger partial charge in [0.1, 0.15) is 6.04 Å². The molecule has 5 nitrogen and oxygen atoms in total. The van der Waals surface area contributed by atoms with Crippen molar-refractivity contribution in [3.05, 3.63) is 34.9 Å². The molecule has 0 spiro atoms. The Kier molecular flexibility index (Phi) is 7.91. The topological polar surface area (TPSA) is 75.6 Å². The minimum Gasteiger partial charge on any atom is -0.480 e. The smallest absolute Gasteiger partial charge is 0.326 e. The molecule has 6 heteroatoms. The van der Waals surface area contributed by atoms with E-state index in [2.05, 4.69) is 5.32 Å². The van der Waals surface area contributed by atoms with Gasteiger partial charge in [0.2, 0.25) is 5.91 Å². The minimum atomic E-state index is -1.05. The van der Waals surface area contributed by atoms with Gasteiger partial charge in [-0.25, -0.2) is 4.79 Å². The molecule has 2 N–H and O–H groups in total. The van der Waals surface area contributed by atoms with E-state index < -0.39 is 12.0 Å². The van der Waals surface area contributed by atoms with Crippen LogP contribution in [0.3, 0.4) is 0 Å². The van der Waals surface area contributed by atoms with Crippen molar-refractivity contribution in [2.75, 3.05) is 13.7 Å². The molecule has 0 saturated heterocycles. The van der Waals surface area contributed by atoms with Gasteiger partial charge in [-0.3, -0.25) is 4.79 Å². The van der Waals surface area contributed by atoms with Crippen LogP contribution in [-0.2, 0) is 20.7 Å². The van der Waals surface area contributed by atoms with Crippen LogP contribution in [-0.4, -0.2) is 36.7 Å². The zero-order chi connectivity index (χ0) is 16.5. The third-order valence-electron chi connectivity index (χ3n) is 3.28. The highest BCUT2D eigenvalue weighted by atomic mass is 35.5. The number of carboxylic acid groups (broad SMARTS) is 1. The zero-order valence-electron chi connectivity index (χ0n) is 12.8. The summed E-state index contributed by atoms with van der Waals surface area (Å²) in [5, 5.41) is 12.3. The molecule has 2 unspecified atom stereocenters. The van der Waals surface area contributed by atoms with E-state index in [4.69, 9.17) is 21.4 Å². The number of amides is 1. The Morgan fingerprint density at radius 2 is 1.95 bits per heavy atom. The lowest BCUT2D eigenvalue weighted by Gasteiger charge is -2.16. The van der Waals surface area contributed by atoms with E-state index in [0.29, 0.717) is 5.02 Å². The summed E-state index contributed by atoms with van der Waals surface area (Å²) < 4.78 is 4.85. The van der Waals surface area contributed by atoms with E-state index in [1.54, 1.807) is 0 Å². The summed E-state index contributed by atoms with van der Waals surface area (Å²) in [7, 11) is 1.49. The van der Waals surface area contributed by atoms with Crippen LogP contribution in [0.5, 0.6) is 0 Å². The first-order valence-corrected chi connectivity index (χ1v) is 7.55. The highest BCUT2D eigenvalue weighted by Gasteiger charge is 2.20. The molecule has 0 radical (unpaired) electrons. The van der Waals surface area contributed by atoms with Crippen LogP contribution in [0.1, 0.15) is 25.3 Å². The van der Waals surface area contributed by atoms with Crippen LogP contribution in [0, 0.1) is 5.92 Å². The van der Waals surface area contributed by atoms with Gasteiger partial charge in [-0.15, -0.1) is 0 Å². The number of carbonyl (C=O) groups excluding carboxylic acids is 1. The number of hydrogen-bond donors (Lipinski definition) is 2. The molecule has 1 rings (SSSR count). The molecular weight excluding hydrogens is 306 g/mol. The van der Waals surface area contributed by atoms with Crippen molar-refractivity contribution in [3.63, 3.8) is 0 Å². The van der Waals surface area contributed by atoms with E-state index in [0.717, 1.165) is 12.0 Å². The van der Waals surface area contributed by atoms with Crippen molar-refractivity contribution < 1.29 is 19.4 Å². The normalized spacial score (nSPS) is 13.4. The van der Waals surface area contributed by atoms with Gasteiger partial charge in [0.05, 0.1) is 0 Å². The van der Waals surface area contributed by atoms with Crippen molar-refractivity contribution in [3.8, 4) is 0 Å². The molecular formula is C16H22ClNO4. The molecule has 1 amide bonds. The maximum atomic E-state index is 11.9. The fourth-order valence-electron chi connectivity index (χ4n) is 2.16. The number of benzene rings is 1. The van der Waals surface area contributed by atoms with Gasteiger partial charge in [-0.1, -0.05) is 30.7 Å². The van der Waals surface area contributed by atoms with Gasteiger partial charge in [-0.2, -0.15) is 0 Å². The molecule has 1 aromatic rings. The molecule has 2 atom stereocenters. The Labute approximate surface area is 135 Å². The average Bonchev–Trinajstić information content (AvgIpc) is 2.45. The van der Waals surface area contributed by atoms with Crippen LogP contribution < -0.4 is 5.32 Å². The summed E-state index contributed by atoms with van der Waals surface area (Å²) in [4.78, 5) is 23.0. The quantitative estimate of drug-likeness (QED) is 0.730. The first-order valence-electron chi connectivity index (χ1n) is 7.18. The number of methoxy groups -OCH3 is 1. The molecule has 0 heterocycles. The van der Waals surface area contributed by atoms with Crippen LogP contribution in [0.25, 0.3) is 0 Å². The minimum absolute atomic E-state index is 0.109. The van der Waals surface area contributed by atoms with Crippen molar-refractivity contribution in [2.24, 2.45) is 5.92 Å². The lowest BCUT2D eigenvalue weighted by atomic mass is 9.97. The number of nitrogens with one attached hydrogen (secondary N) is 1. The predicted molar refractivity (Wildman–Crippen MR) is 85.0 cm³/mol. The van der Waals surface area contributed by atoms with Crippen molar-refractivity contribution in [2.45, 2.75) is 32.2 Å². The first kappa shape index (κ1) is 18.5. The molecule has 0 aromatic heterocycles. The summed E-state index contributed by atoms with van der Waals surface area (Å²) >= 11 is 5.83. The van der Waals surface area contributed by atoms with Crippen molar-refractivity contribution in [1.29, 1.82) is 0 Å². The number of carbonyl (C=O) groups is 2. The van der Waals surface area contributed by atoms with Gasteiger partial charge >= 0.3 is 5.97 Å². The molecule has 0 fully saturated rings. The fourth-order valence-corrected chi connectivity index (χ4v) is 2.28. The Morgan fingerprint density at radius 3 is 2.50 bits per heavy atom. The second-order valence-electron chi connectivity index (χ2n) is 5.38. The largest absolute Gasteiger partial charge is 0.480 e. The van der Waals surface area contributed by atoms with Gasteiger partial charge in [0, 0.05) is 31.6 Å². The first-order chi connectivity index (χ1) is 10.4. The third kappa shape index (κ3) is 6.91. The third-order valence-corrected chi connectivity index (χ3v) is 3.53. The van der Waals surface area contributed by atoms with Gasteiger partial charge in [-0.05, 0) is 30.0 Å². The number of carboxylic acids is 1. The standard InChI is InChI=1S/C16H22ClNO4/c1-11(9-12-3-5-13(17)6-4-12)10-15(19)18-14(16(20)21)7-8-22-2/h3-6,11,14H,7-10H2,1-2H3,(H,18,19)(H,20,21). The molecule has 22 heavy (non-hydrogen) atoms. The maximum Gasteiger partial charge on any atom is 0.326 e. The number of rotatable bonds is 9. The molecule has 0 aliphatic rings. The van der Waals surface area contributed by atoms with Crippen LogP contribution in [0.4, 0.5) is 0 Å². The lowest BCUT2D eigenvalue weighted by Crippen LogP contribution is -2.42. The molecule has 0 bridgehead atoms. The molecule has 1 aromatic carbocycles. The number of halogens is 1. The van der Waals surface area contributed by atoms with Crippen LogP contribution in [0.15, 0.2) is 24.3 Å². The average molecular weight is 328 g/mol. The number of hydrogen-bond acceptors (Lipinski definition) is 3. The van der Waals surface area contributed by atoms with Gasteiger partial charge in [0.15, 0.2) is 0 Å². The highest BCUT2D eigenvalue weighted by molar-refractivity contribution is 6.30. The van der Waals surface area contributed by atoms with E-state index >= 15 is 0 Å². The molecule has 0 aliphatic heterocycles. The molecule has 0 aliphatic carbocycles. The predicted octanol–water partition coefficient (Wildman–Crippen LogP) is 2.51. The molecule has 0 saturated carbocycles. The van der Waals surface area contributed by atoms with E-state index in [1.807, 2.05) is 31.2 Å². The van der Waals surface area contributed by atoms with E-state index in [1.165, 1.54) is 7.11 Å². The summed E-state index contributed by atoms with van der Waals surface area (Å²) in [6.07, 6.45) is 1.27. The second-order valence-corrected chi connectivity index (χ2v) is 5.82. The Morgan fingerprint density at radius 1 is 1.32 bits per heavy atom. The number of aliphatic carboxylic acids is 1. The monoisotopic (exact) mass is 327 g/mol. The molecule has 122 valence electrons. The van der Waals surface area contributed by atoms with Crippen LogP contribution >= 0.6 is 11.6 Å². The van der Waals surface area contributed by atoms with Crippen molar-refractivity contribution >= 4 is 23.5 Å². The van der Waals surface area contributed by atoms with E-state index in [-0.39, 0.29) is 31.3 Å². The van der Waals surface area contributed by atoms with E-state index in [9.17, 15) is 9.59 Å². The zero-order valence-corrected chi connectivity index (χ0v) is 13.6. The summed E-state index contributed by atoms with van der Waals surface area (Å²) in [5.74, 6) is -1.20. The SMILES string of the molecule is COCCC(NC(=O)CC(C)Cc1ccc(Cl)cc1)C(=O)O. The maximum absolute atomic E-state index is 11.9. The highest BCUT2D eigenvalue weighted by Crippen LogP contribution is 2.15. The Bertz CT molecular complexity index is 489. The summed E-state index contributed by atoms with van der Waals surface area (Å²) in [6.45, 7) is 2.25. The second kappa shape index (κ2) is 9.43. The summed E-state index contributed by atoms with van der Waals surface area (Å²) in [6, 6.07) is 6.57.